The van der Waals surface area contributed by atoms with Crippen molar-refractivity contribution in [3.63, 3.8) is 0 Å². The first-order chi connectivity index (χ1) is 6.66. The summed E-state index contributed by atoms with van der Waals surface area (Å²) in [4.78, 5) is 27.7. The molecule has 0 saturated heterocycles. The lowest BCUT2D eigenvalue weighted by Crippen LogP contribution is -2.29. The summed E-state index contributed by atoms with van der Waals surface area (Å²) in [5.41, 5.74) is 0.762. The third-order valence-corrected chi connectivity index (χ3v) is 2.71. The molecular weight excluding hydrogens is 200 g/mol. The van der Waals surface area contributed by atoms with Crippen molar-refractivity contribution < 1.29 is 9.59 Å². The van der Waals surface area contributed by atoms with E-state index in [-0.39, 0.29) is 18.4 Å². The molecule has 0 fully saturated rings. The van der Waals surface area contributed by atoms with E-state index in [0.29, 0.717) is 0 Å². The number of rotatable bonds is 2. The van der Waals surface area contributed by atoms with Crippen LogP contribution in [0.25, 0.3) is 0 Å². The molecule has 0 bridgehead atoms. The van der Waals surface area contributed by atoms with Crippen molar-refractivity contribution in [2.24, 2.45) is 0 Å². The molecular formula is C9H8N2O2S. The Morgan fingerprint density at radius 1 is 1.36 bits per heavy atom. The average Bonchev–Trinajstić information content (AvgIpc) is 2.67. The summed E-state index contributed by atoms with van der Waals surface area (Å²) in [6.45, 7) is 2.16. The molecule has 5 heteroatoms. The summed E-state index contributed by atoms with van der Waals surface area (Å²) in [6.07, 6.45) is 2.56. The molecule has 14 heavy (non-hydrogen) atoms. The quantitative estimate of drug-likeness (QED) is 0.678. The fraction of sp³-hybridized carbons (Fsp3) is 0.222. The van der Waals surface area contributed by atoms with Gasteiger partial charge in [-0.05, 0) is 6.92 Å². The van der Waals surface area contributed by atoms with Crippen LogP contribution < -0.4 is 0 Å². The molecule has 4 nitrogen and oxygen atoms in total. The van der Waals surface area contributed by atoms with Crippen molar-refractivity contribution in [3.8, 4) is 0 Å². The van der Waals surface area contributed by atoms with Gasteiger partial charge in [-0.1, -0.05) is 0 Å². The summed E-state index contributed by atoms with van der Waals surface area (Å²) >= 11 is 1.51. The second-order valence-corrected chi connectivity index (χ2v) is 4.02. The van der Waals surface area contributed by atoms with Gasteiger partial charge in [-0.2, -0.15) is 0 Å². The Hall–Kier alpha value is -1.49. The van der Waals surface area contributed by atoms with E-state index < -0.39 is 0 Å². The predicted molar refractivity (Wildman–Crippen MR) is 51.5 cm³/mol. The molecule has 1 aliphatic rings. The van der Waals surface area contributed by atoms with E-state index in [0.717, 1.165) is 10.7 Å². The van der Waals surface area contributed by atoms with Gasteiger partial charge < -0.3 is 0 Å². The van der Waals surface area contributed by atoms with E-state index in [2.05, 4.69) is 4.98 Å². The Bertz CT molecular complexity index is 404. The number of imide groups is 1. The van der Waals surface area contributed by atoms with Crippen LogP contribution in [0.2, 0.25) is 0 Å². The van der Waals surface area contributed by atoms with Crippen LogP contribution in [0.3, 0.4) is 0 Å². The first kappa shape index (κ1) is 9.08. The fourth-order valence-electron chi connectivity index (χ4n) is 1.23. The van der Waals surface area contributed by atoms with E-state index in [1.807, 2.05) is 12.3 Å². The van der Waals surface area contributed by atoms with Gasteiger partial charge in [0.05, 0.1) is 17.2 Å². The van der Waals surface area contributed by atoms with Crippen LogP contribution >= 0.6 is 11.3 Å². The summed E-state index contributed by atoms with van der Waals surface area (Å²) < 4.78 is 0. The van der Waals surface area contributed by atoms with Gasteiger partial charge in [-0.25, -0.2) is 4.98 Å². The van der Waals surface area contributed by atoms with Crippen molar-refractivity contribution in [1.29, 1.82) is 0 Å². The maximum absolute atomic E-state index is 11.2. The molecule has 0 unspecified atom stereocenters. The largest absolute Gasteiger partial charge is 0.269 e. The minimum absolute atomic E-state index is 0.263. The van der Waals surface area contributed by atoms with Gasteiger partial charge in [0.25, 0.3) is 11.8 Å². The van der Waals surface area contributed by atoms with Crippen LogP contribution in [0.15, 0.2) is 17.5 Å². The van der Waals surface area contributed by atoms with E-state index in [1.165, 1.54) is 28.4 Å². The van der Waals surface area contributed by atoms with Gasteiger partial charge in [0.2, 0.25) is 0 Å². The van der Waals surface area contributed by atoms with Gasteiger partial charge in [-0.15, -0.1) is 11.3 Å². The van der Waals surface area contributed by atoms with Crippen LogP contribution in [0, 0.1) is 6.92 Å². The summed E-state index contributed by atoms with van der Waals surface area (Å²) in [5.74, 6) is -0.527. The van der Waals surface area contributed by atoms with Crippen LogP contribution in [0.1, 0.15) is 10.7 Å². The molecule has 72 valence electrons. The molecule has 1 aromatic heterocycles. The third-order valence-electron chi connectivity index (χ3n) is 1.89. The molecule has 0 atom stereocenters. The molecule has 0 N–H and O–H groups in total. The third kappa shape index (κ3) is 1.58. The Labute approximate surface area is 84.9 Å². The predicted octanol–water partition coefficient (Wildman–Crippen LogP) is 0.877. The lowest BCUT2D eigenvalue weighted by atomic mass is 10.4. The van der Waals surface area contributed by atoms with Crippen molar-refractivity contribution in [3.05, 3.63) is 28.2 Å². The molecule has 2 rings (SSSR count). The molecule has 2 amide bonds. The normalized spacial score (nSPS) is 15.6. The Kier molecular flexibility index (Phi) is 2.17. The number of aryl methyl sites for hydroxylation is 1. The van der Waals surface area contributed by atoms with Crippen molar-refractivity contribution in [2.45, 2.75) is 13.5 Å². The lowest BCUT2D eigenvalue weighted by Gasteiger charge is -2.10. The minimum atomic E-state index is -0.263. The van der Waals surface area contributed by atoms with Crippen LogP contribution in [0.4, 0.5) is 0 Å². The number of thiazole rings is 1. The highest BCUT2D eigenvalue weighted by molar-refractivity contribution is 7.09. The number of carbonyl (C=O) groups excluding carboxylic acids is 2. The molecule has 1 aromatic rings. The molecule has 2 heterocycles. The van der Waals surface area contributed by atoms with Gasteiger partial charge in [0, 0.05) is 17.5 Å². The molecule has 0 aliphatic carbocycles. The summed E-state index contributed by atoms with van der Waals surface area (Å²) in [6, 6.07) is 0. The second-order valence-electron chi connectivity index (χ2n) is 2.95. The summed E-state index contributed by atoms with van der Waals surface area (Å²) in [5, 5.41) is 2.79. The average molecular weight is 208 g/mol. The second kappa shape index (κ2) is 3.34. The van der Waals surface area contributed by atoms with E-state index in [9.17, 15) is 9.59 Å². The number of carbonyl (C=O) groups is 2. The number of nitrogens with zero attached hydrogens (tertiary/aromatic N) is 2. The topological polar surface area (TPSA) is 50.3 Å². The Balaban J connectivity index is 2.12. The number of hydrogen-bond acceptors (Lipinski definition) is 4. The molecule has 0 radical (unpaired) electrons. The molecule has 1 aliphatic heterocycles. The first-order valence-corrected chi connectivity index (χ1v) is 4.99. The van der Waals surface area contributed by atoms with Crippen LogP contribution in [-0.4, -0.2) is 21.7 Å². The van der Waals surface area contributed by atoms with E-state index in [4.69, 9.17) is 0 Å². The molecule has 0 aromatic carbocycles. The van der Waals surface area contributed by atoms with E-state index in [1.54, 1.807) is 0 Å². The number of amides is 2. The first-order valence-electron chi connectivity index (χ1n) is 4.11. The Morgan fingerprint density at radius 2 is 2.00 bits per heavy atom. The van der Waals surface area contributed by atoms with Gasteiger partial charge >= 0.3 is 0 Å². The zero-order valence-corrected chi connectivity index (χ0v) is 8.37. The standard InChI is InChI=1S/C9H8N2O2S/c1-6-10-7(5-14-6)4-11-8(12)2-3-9(11)13/h2-3,5H,4H2,1H3. The van der Waals surface area contributed by atoms with E-state index >= 15 is 0 Å². The zero-order valence-electron chi connectivity index (χ0n) is 7.56. The smallest absolute Gasteiger partial charge is 0.253 e. The molecule has 0 spiro atoms. The lowest BCUT2D eigenvalue weighted by molar-refractivity contribution is -0.137. The summed E-state index contributed by atoms with van der Waals surface area (Å²) in [7, 11) is 0. The number of hydrogen-bond donors (Lipinski definition) is 0. The molecule has 0 saturated carbocycles. The zero-order chi connectivity index (χ0) is 10.1. The maximum atomic E-state index is 11.2. The van der Waals surface area contributed by atoms with Crippen molar-refractivity contribution >= 4 is 23.2 Å². The van der Waals surface area contributed by atoms with Crippen molar-refractivity contribution in [2.75, 3.05) is 0 Å². The van der Waals surface area contributed by atoms with Gasteiger partial charge in [-0.3, -0.25) is 14.5 Å². The number of aromatic nitrogens is 1. The highest BCUT2D eigenvalue weighted by atomic mass is 32.1. The van der Waals surface area contributed by atoms with Crippen LogP contribution in [0.5, 0.6) is 0 Å². The highest BCUT2D eigenvalue weighted by Crippen LogP contribution is 2.13. The SMILES string of the molecule is Cc1nc(CN2C(=O)C=CC2=O)cs1. The maximum Gasteiger partial charge on any atom is 0.253 e. The van der Waals surface area contributed by atoms with Gasteiger partial charge in [0.15, 0.2) is 0 Å². The van der Waals surface area contributed by atoms with Gasteiger partial charge in [0.1, 0.15) is 0 Å². The highest BCUT2D eigenvalue weighted by Gasteiger charge is 2.23. The Morgan fingerprint density at radius 3 is 2.50 bits per heavy atom. The van der Waals surface area contributed by atoms with Crippen molar-refractivity contribution in [1.82, 2.24) is 9.88 Å². The monoisotopic (exact) mass is 208 g/mol. The van der Waals surface area contributed by atoms with Crippen LogP contribution in [-0.2, 0) is 16.1 Å². The fourth-order valence-corrected chi connectivity index (χ4v) is 1.83. The minimum Gasteiger partial charge on any atom is -0.269 e.